The summed E-state index contributed by atoms with van der Waals surface area (Å²) in [6.07, 6.45) is 3.92. The summed E-state index contributed by atoms with van der Waals surface area (Å²) < 4.78 is 0. The van der Waals surface area contributed by atoms with Gasteiger partial charge in [-0.15, -0.1) is 23.5 Å². The van der Waals surface area contributed by atoms with Gasteiger partial charge in [0, 0.05) is 31.0 Å². The molecule has 0 spiro atoms. The number of ketones is 2. The maximum absolute atomic E-state index is 12.8. The topological polar surface area (TPSA) is 182 Å². The molecule has 0 unspecified atom stereocenters. The van der Waals surface area contributed by atoms with E-state index in [4.69, 9.17) is 23.2 Å². The molecule has 1 heterocycles. The number of hydrogen-bond acceptors (Lipinski definition) is 10. The highest BCUT2D eigenvalue weighted by molar-refractivity contribution is 8.02. The van der Waals surface area contributed by atoms with Crippen LogP contribution in [0.15, 0.2) is 50.6 Å². The number of aromatic amines is 1. The van der Waals surface area contributed by atoms with Gasteiger partial charge in [-0.2, -0.15) is 0 Å². The summed E-state index contributed by atoms with van der Waals surface area (Å²) in [6.45, 7) is 9.20. The molecular weight excluding hydrogens is 691 g/mol. The SMILES string of the molecule is CS/C(C)=C(\C(=O)CC(C)C)C(=O)Nc1cc([N+](=O)[O-])ccc1Cl.CSc1[nH]c2c(Cl)ccc([N+](=O)[O-])c2c(=O)c1C(=O)CC(C)C. The first kappa shape index (κ1) is 39.5. The Balaban J connectivity index is 0.000000327. The molecule has 0 radical (unpaired) electrons. The average molecular weight is 726 g/mol. The fraction of sp³-hybridized carbons (Fsp3) is 0.355. The lowest BCUT2D eigenvalue weighted by atomic mass is 10.0. The number of nitro groups is 2. The predicted molar refractivity (Wildman–Crippen MR) is 189 cm³/mol. The summed E-state index contributed by atoms with van der Waals surface area (Å²) in [5, 5.41) is 25.1. The number of nitrogens with zero attached hydrogens (tertiary/aromatic N) is 2. The summed E-state index contributed by atoms with van der Waals surface area (Å²) in [5.74, 6) is -1.04. The minimum atomic E-state index is -0.650. The number of nitrogens with one attached hydrogen (secondary N) is 2. The third-order valence-electron chi connectivity index (χ3n) is 6.49. The third kappa shape index (κ3) is 10.1. The molecule has 1 aromatic heterocycles. The van der Waals surface area contributed by atoms with Gasteiger partial charge >= 0.3 is 0 Å². The molecule has 0 bridgehead atoms. The quantitative estimate of drug-likeness (QED) is 0.0349. The molecule has 12 nitrogen and oxygen atoms in total. The summed E-state index contributed by atoms with van der Waals surface area (Å²) in [5.41, 5.74) is -0.922. The first-order valence-electron chi connectivity index (χ1n) is 14.1. The van der Waals surface area contributed by atoms with E-state index < -0.39 is 21.2 Å². The standard InChI is InChI=1S/C16H19ClN2O4S.C15H15ClN2O4S/c1-9(2)7-14(20)15(10(3)24-4)16(21)18-13-8-11(19(22)23)5-6-12(13)17;1-7(2)6-10(19)12-14(20)11-9(18(21)22)5-4-8(16)13(11)17-15(12)23-3/h5-6,8-9H,7H2,1-4H3,(H,18,21);4-5,7H,6H2,1-3H3,(H,17,20)/b15-10+;. The van der Waals surface area contributed by atoms with E-state index >= 15 is 0 Å². The Hall–Kier alpha value is -3.72. The van der Waals surface area contributed by atoms with E-state index in [1.54, 1.807) is 19.4 Å². The smallest absolute Gasteiger partial charge is 0.282 e. The molecule has 47 heavy (non-hydrogen) atoms. The van der Waals surface area contributed by atoms with Crippen molar-refractivity contribution < 1.29 is 24.2 Å². The van der Waals surface area contributed by atoms with Crippen molar-refractivity contribution in [2.45, 2.75) is 52.5 Å². The third-order valence-corrected chi connectivity index (χ3v) is 8.67. The second-order valence-electron chi connectivity index (χ2n) is 11.0. The Bertz CT molecular complexity index is 1820. The van der Waals surface area contributed by atoms with E-state index in [0.29, 0.717) is 9.93 Å². The second-order valence-corrected chi connectivity index (χ2v) is 13.6. The first-order valence-corrected chi connectivity index (χ1v) is 17.3. The lowest BCUT2D eigenvalue weighted by Crippen LogP contribution is -2.23. The molecule has 16 heteroatoms. The maximum Gasteiger partial charge on any atom is 0.282 e. The summed E-state index contributed by atoms with van der Waals surface area (Å²) in [6, 6.07) is 6.27. The minimum Gasteiger partial charge on any atom is -0.347 e. The number of hydrogen-bond donors (Lipinski definition) is 2. The molecule has 3 aromatic rings. The first-order chi connectivity index (χ1) is 21.9. The number of H-pyrrole nitrogens is 1. The van der Waals surface area contributed by atoms with Crippen LogP contribution in [0.5, 0.6) is 0 Å². The van der Waals surface area contributed by atoms with Gasteiger partial charge in [-0.1, -0.05) is 50.9 Å². The van der Waals surface area contributed by atoms with E-state index in [1.165, 1.54) is 53.9 Å². The highest BCUT2D eigenvalue weighted by atomic mass is 35.5. The van der Waals surface area contributed by atoms with Crippen LogP contribution in [0.3, 0.4) is 0 Å². The number of nitro benzene ring substituents is 2. The number of non-ortho nitro benzene ring substituents is 2. The van der Waals surface area contributed by atoms with E-state index in [2.05, 4.69) is 10.3 Å². The monoisotopic (exact) mass is 724 g/mol. The van der Waals surface area contributed by atoms with E-state index in [9.17, 15) is 39.4 Å². The molecule has 2 aromatic carbocycles. The van der Waals surface area contributed by atoms with Crippen molar-refractivity contribution in [3.63, 3.8) is 0 Å². The molecule has 0 aliphatic heterocycles. The van der Waals surface area contributed by atoms with Crippen molar-refractivity contribution in [2.24, 2.45) is 11.8 Å². The van der Waals surface area contributed by atoms with Gasteiger partial charge in [0.2, 0.25) is 5.43 Å². The van der Waals surface area contributed by atoms with Crippen LogP contribution < -0.4 is 10.7 Å². The van der Waals surface area contributed by atoms with Crippen LogP contribution in [0.2, 0.25) is 10.0 Å². The van der Waals surface area contributed by atoms with Gasteiger partial charge in [0.05, 0.1) is 47.3 Å². The predicted octanol–water partition coefficient (Wildman–Crippen LogP) is 8.48. The van der Waals surface area contributed by atoms with Crippen molar-refractivity contribution in [3.8, 4) is 0 Å². The molecule has 0 saturated carbocycles. The van der Waals surface area contributed by atoms with Crippen molar-refractivity contribution in [1.82, 2.24) is 4.98 Å². The van der Waals surface area contributed by atoms with Gasteiger partial charge in [0.15, 0.2) is 11.6 Å². The lowest BCUT2D eigenvalue weighted by Gasteiger charge is -2.13. The van der Waals surface area contributed by atoms with Crippen LogP contribution in [0.1, 0.15) is 57.8 Å². The Morgan fingerprint density at radius 2 is 1.53 bits per heavy atom. The number of allylic oxidation sites excluding steroid dienone is 1. The number of thioether (sulfide) groups is 2. The van der Waals surface area contributed by atoms with Crippen LogP contribution in [0, 0.1) is 32.1 Å². The molecule has 2 N–H and O–H groups in total. The van der Waals surface area contributed by atoms with Crippen LogP contribution in [-0.4, -0.2) is 44.8 Å². The van der Waals surface area contributed by atoms with Gasteiger partial charge in [-0.3, -0.25) is 39.4 Å². The van der Waals surface area contributed by atoms with E-state index in [1.807, 2.05) is 27.7 Å². The molecule has 0 atom stereocenters. The van der Waals surface area contributed by atoms with Crippen molar-refractivity contribution in [3.05, 3.63) is 86.9 Å². The molecule has 0 fully saturated rings. The molecule has 3 rings (SSSR count). The summed E-state index contributed by atoms with van der Waals surface area (Å²) >= 11 is 14.5. The number of aromatic nitrogens is 1. The highest BCUT2D eigenvalue weighted by Gasteiger charge is 2.26. The zero-order valence-corrected chi connectivity index (χ0v) is 29.8. The largest absolute Gasteiger partial charge is 0.347 e. The minimum absolute atomic E-state index is 0.0379. The van der Waals surface area contributed by atoms with Gasteiger partial charge in [0.1, 0.15) is 5.39 Å². The Kier molecular flexibility index (Phi) is 14.6. The van der Waals surface area contributed by atoms with Crippen LogP contribution in [-0.2, 0) is 9.59 Å². The Morgan fingerprint density at radius 1 is 0.936 bits per heavy atom. The van der Waals surface area contributed by atoms with Crippen LogP contribution in [0.4, 0.5) is 17.1 Å². The number of anilines is 1. The summed E-state index contributed by atoms with van der Waals surface area (Å²) in [7, 11) is 0. The Morgan fingerprint density at radius 3 is 2.04 bits per heavy atom. The van der Waals surface area contributed by atoms with Gasteiger partial charge < -0.3 is 10.3 Å². The summed E-state index contributed by atoms with van der Waals surface area (Å²) in [4.78, 5) is 74.5. The molecule has 0 saturated heterocycles. The van der Waals surface area contributed by atoms with Gasteiger partial charge in [-0.25, -0.2) is 0 Å². The average Bonchev–Trinajstić information content (AvgIpc) is 2.97. The Labute approximate surface area is 289 Å². The number of Topliss-reactive ketones (excluding diaryl/α,β-unsaturated/α-hetero) is 2. The highest BCUT2D eigenvalue weighted by Crippen LogP contribution is 2.32. The van der Waals surface area contributed by atoms with Gasteiger partial charge in [0.25, 0.3) is 17.3 Å². The van der Waals surface area contributed by atoms with Crippen molar-refractivity contribution in [2.75, 3.05) is 17.8 Å². The number of carbonyl (C=O) groups is 3. The number of pyridine rings is 1. The lowest BCUT2D eigenvalue weighted by molar-refractivity contribution is -0.384. The number of carbonyl (C=O) groups excluding carboxylic acids is 3. The molecule has 252 valence electrons. The maximum atomic E-state index is 12.8. The molecular formula is C31H34Cl2N4O8S2. The number of benzene rings is 2. The normalized spacial score (nSPS) is 11.6. The fourth-order valence-corrected chi connectivity index (χ4v) is 5.71. The van der Waals surface area contributed by atoms with Crippen molar-refractivity contribution >= 4 is 92.2 Å². The number of amides is 1. The number of halogens is 2. The zero-order chi connectivity index (χ0) is 35.7. The van der Waals surface area contributed by atoms with Crippen LogP contribution >= 0.6 is 46.7 Å². The number of rotatable bonds is 12. The molecule has 0 aliphatic rings. The molecule has 0 aliphatic carbocycles. The number of fused-ring (bicyclic) bond motifs is 1. The van der Waals surface area contributed by atoms with Crippen molar-refractivity contribution in [1.29, 1.82) is 0 Å². The van der Waals surface area contributed by atoms with Crippen LogP contribution in [0.25, 0.3) is 10.9 Å². The zero-order valence-electron chi connectivity index (χ0n) is 26.7. The van der Waals surface area contributed by atoms with E-state index in [-0.39, 0.29) is 85.4 Å². The fourth-order valence-electron chi connectivity index (χ4n) is 4.32. The van der Waals surface area contributed by atoms with Gasteiger partial charge in [-0.05, 0) is 48.3 Å². The second kappa shape index (κ2) is 17.4. The van der Waals surface area contributed by atoms with E-state index in [0.717, 1.165) is 0 Å². The molecule has 1 amide bonds.